The summed E-state index contributed by atoms with van der Waals surface area (Å²) in [5.74, 6) is 5.00. The molecule has 2 unspecified atom stereocenters. The number of fused-ring (bicyclic) bond motifs is 14. The number of ether oxygens (including phenoxy) is 2. The molecule has 5 heterocycles. The summed E-state index contributed by atoms with van der Waals surface area (Å²) in [6.07, 6.45) is 3.94. The first-order chi connectivity index (χ1) is 25.2. The summed E-state index contributed by atoms with van der Waals surface area (Å²) in [7, 11) is 0. The number of para-hydroxylation sites is 4. The van der Waals surface area contributed by atoms with Crippen LogP contribution in [-0.4, -0.2) is 0 Å². The molecule has 0 amide bonds. The Kier molecular flexibility index (Phi) is 5.14. The Morgan fingerprint density at radius 3 is 1.84 bits per heavy atom. The molecule has 3 aliphatic heterocycles. The minimum absolute atomic E-state index is 0.0862. The van der Waals surface area contributed by atoms with Crippen LogP contribution in [0.25, 0.3) is 50.3 Å². The van der Waals surface area contributed by atoms with Gasteiger partial charge in [0.2, 0.25) is 0 Å². The van der Waals surface area contributed by atoms with Crippen LogP contribution in [0.15, 0.2) is 136 Å². The van der Waals surface area contributed by atoms with Crippen molar-refractivity contribution in [3.05, 3.63) is 172 Å². The predicted octanol–water partition coefficient (Wildman–Crippen LogP) is 10.5. The Morgan fingerprint density at radius 1 is 0.588 bits per heavy atom. The number of nitrogens with one attached hydrogen (secondary N) is 1. The molecule has 0 bridgehead atoms. The van der Waals surface area contributed by atoms with Crippen molar-refractivity contribution >= 4 is 28.0 Å². The van der Waals surface area contributed by atoms with Gasteiger partial charge in [0.1, 0.15) is 45.7 Å². The molecule has 2 atom stereocenters. The second kappa shape index (κ2) is 9.59. The van der Waals surface area contributed by atoms with Crippen LogP contribution in [0, 0.1) is 0 Å². The average molecular weight is 661 g/mol. The second-order valence-electron chi connectivity index (χ2n) is 13.7. The van der Waals surface area contributed by atoms with E-state index in [1.807, 2.05) is 24.4 Å². The smallest absolute Gasteiger partial charge is 0.142 e. The quantitative estimate of drug-likeness (QED) is 0.192. The van der Waals surface area contributed by atoms with E-state index in [0.29, 0.717) is 0 Å². The zero-order valence-electron chi connectivity index (χ0n) is 27.2. The van der Waals surface area contributed by atoms with E-state index in [1.54, 1.807) is 0 Å². The van der Waals surface area contributed by atoms with E-state index in [-0.39, 0.29) is 6.04 Å². The minimum atomic E-state index is -0.701. The monoisotopic (exact) mass is 660 g/mol. The molecule has 1 aliphatic carbocycles. The van der Waals surface area contributed by atoms with Crippen molar-refractivity contribution in [3.63, 3.8) is 0 Å². The van der Waals surface area contributed by atoms with Crippen LogP contribution >= 0.6 is 0 Å². The molecule has 6 nitrogen and oxygen atoms in total. The van der Waals surface area contributed by atoms with Crippen molar-refractivity contribution in [3.8, 4) is 45.3 Å². The summed E-state index contributed by atoms with van der Waals surface area (Å²) < 4.78 is 26.4. The average Bonchev–Trinajstić information content (AvgIpc) is 3.46. The van der Waals surface area contributed by atoms with Gasteiger partial charge >= 0.3 is 0 Å². The van der Waals surface area contributed by atoms with Crippen LogP contribution in [0.2, 0.25) is 0 Å². The number of hydrogen-bond acceptors (Lipinski definition) is 6. The highest BCUT2D eigenvalue weighted by Gasteiger charge is 2.50. The molecule has 6 aromatic carbocycles. The molecule has 8 aromatic rings. The second-order valence-corrected chi connectivity index (χ2v) is 13.7. The highest BCUT2D eigenvalue weighted by molar-refractivity contribution is 5.99. The lowest BCUT2D eigenvalue weighted by atomic mass is 9.62. The van der Waals surface area contributed by atoms with Crippen molar-refractivity contribution in [2.75, 3.05) is 0 Å². The maximum absolute atomic E-state index is 6.83. The van der Waals surface area contributed by atoms with Crippen LogP contribution in [0.3, 0.4) is 0 Å². The highest BCUT2D eigenvalue weighted by atomic mass is 16.5. The molecule has 0 saturated heterocycles. The maximum atomic E-state index is 6.83. The van der Waals surface area contributed by atoms with Gasteiger partial charge in [-0.1, -0.05) is 97.1 Å². The lowest BCUT2D eigenvalue weighted by Gasteiger charge is -2.45. The highest BCUT2D eigenvalue weighted by Crippen LogP contribution is 2.62. The Labute approximate surface area is 292 Å². The van der Waals surface area contributed by atoms with Crippen molar-refractivity contribution in [1.82, 2.24) is 5.32 Å². The standard InChI is InChI=1S/C45H28N2O4/c46-41-40-29-10-6-8-27(43(29)51-44(40)41)25-16-18-34-39(22-25)49-37-14-4-2-12-32(37)45(34)31-11-1-3-13-36(31)48-38-21-24(15-17-33(38)45)26-7-5-9-28-30-23-47-20-19-35(30)50-42(26)28/h1-22,41,47H,23,46H2. The van der Waals surface area contributed by atoms with E-state index in [2.05, 4.69) is 115 Å². The van der Waals surface area contributed by atoms with Gasteiger partial charge < -0.3 is 29.4 Å². The number of hydrogen-bond donors (Lipinski definition) is 2. The predicted molar refractivity (Wildman–Crippen MR) is 197 cm³/mol. The Bertz CT molecular complexity index is 2850. The molecule has 12 rings (SSSR count). The summed E-state index contributed by atoms with van der Waals surface area (Å²) in [4.78, 5) is 0. The molecular formula is C45H28N2O4. The topological polar surface area (TPSA) is 82.8 Å². The normalized spacial score (nSPS) is 18.5. The van der Waals surface area contributed by atoms with Crippen molar-refractivity contribution < 1.29 is 18.3 Å². The molecule has 242 valence electrons. The summed E-state index contributed by atoms with van der Waals surface area (Å²) in [5.41, 5.74) is 17.9. The maximum Gasteiger partial charge on any atom is 0.142 e. The van der Waals surface area contributed by atoms with E-state index in [4.69, 9.17) is 24.0 Å². The van der Waals surface area contributed by atoms with Gasteiger partial charge in [0.15, 0.2) is 0 Å². The first kappa shape index (κ1) is 27.3. The van der Waals surface area contributed by atoms with Gasteiger partial charge in [-0.05, 0) is 41.5 Å². The first-order valence-electron chi connectivity index (χ1n) is 17.3. The SMILES string of the molecule is NC1c2oc3c(-c4ccc5c(c4)Oc4ccccc4C54c5ccccc5Oc5cc(-c6cccc7c8c(oc67)C=CNC8)ccc54)cccc3c21. The fourth-order valence-corrected chi connectivity index (χ4v) is 8.87. The third-order valence-electron chi connectivity index (χ3n) is 11.2. The van der Waals surface area contributed by atoms with Gasteiger partial charge in [-0.2, -0.15) is 0 Å². The number of furan rings is 2. The molecule has 2 aromatic heterocycles. The van der Waals surface area contributed by atoms with Crippen LogP contribution in [-0.2, 0) is 12.0 Å². The Morgan fingerprint density at radius 2 is 1.18 bits per heavy atom. The zero-order chi connectivity index (χ0) is 33.4. The molecule has 3 N–H and O–H groups in total. The molecule has 0 radical (unpaired) electrons. The molecule has 51 heavy (non-hydrogen) atoms. The molecule has 0 saturated carbocycles. The number of benzene rings is 6. The first-order valence-corrected chi connectivity index (χ1v) is 17.3. The van der Waals surface area contributed by atoms with Crippen molar-refractivity contribution in [2.24, 2.45) is 5.73 Å². The zero-order valence-corrected chi connectivity index (χ0v) is 27.2. The lowest BCUT2D eigenvalue weighted by molar-refractivity contribution is 0.399. The molecule has 1 spiro atoms. The summed E-state index contributed by atoms with van der Waals surface area (Å²) >= 11 is 0. The van der Waals surface area contributed by atoms with Gasteiger partial charge in [0, 0.05) is 68.0 Å². The molecular weight excluding hydrogens is 633 g/mol. The van der Waals surface area contributed by atoms with Gasteiger partial charge in [-0.3, -0.25) is 0 Å². The van der Waals surface area contributed by atoms with Crippen LogP contribution in [0.1, 0.15) is 50.9 Å². The summed E-state index contributed by atoms with van der Waals surface area (Å²) in [6, 6.07) is 42.4. The van der Waals surface area contributed by atoms with E-state index < -0.39 is 5.41 Å². The van der Waals surface area contributed by atoms with Crippen LogP contribution < -0.4 is 20.5 Å². The summed E-state index contributed by atoms with van der Waals surface area (Å²) in [6.45, 7) is 0.740. The van der Waals surface area contributed by atoms with Gasteiger partial charge in [0.05, 0.1) is 11.5 Å². The van der Waals surface area contributed by atoms with Gasteiger partial charge in [-0.25, -0.2) is 0 Å². The Balaban J connectivity index is 1.09. The van der Waals surface area contributed by atoms with E-state index in [1.165, 1.54) is 5.56 Å². The third-order valence-corrected chi connectivity index (χ3v) is 11.2. The van der Waals surface area contributed by atoms with E-state index in [9.17, 15) is 0 Å². The minimum Gasteiger partial charge on any atom is -0.458 e. The fourth-order valence-electron chi connectivity index (χ4n) is 8.87. The molecule has 6 heteroatoms. The van der Waals surface area contributed by atoms with Crippen molar-refractivity contribution in [2.45, 2.75) is 18.0 Å². The van der Waals surface area contributed by atoms with Gasteiger partial charge in [0.25, 0.3) is 0 Å². The fraction of sp³-hybridized carbons (Fsp3) is 0.0667. The van der Waals surface area contributed by atoms with Gasteiger partial charge in [-0.15, -0.1) is 0 Å². The molecule has 4 aliphatic rings. The van der Waals surface area contributed by atoms with Crippen molar-refractivity contribution in [1.29, 1.82) is 0 Å². The van der Waals surface area contributed by atoms with Crippen LogP contribution in [0.4, 0.5) is 0 Å². The Hall–Kier alpha value is -6.50. The number of nitrogens with two attached hydrogens (primary N) is 1. The summed E-state index contributed by atoms with van der Waals surface area (Å²) in [5, 5.41) is 5.52. The molecule has 0 fully saturated rings. The third kappa shape index (κ3) is 3.49. The van der Waals surface area contributed by atoms with E-state index >= 15 is 0 Å². The lowest BCUT2D eigenvalue weighted by Crippen LogP contribution is -2.36. The van der Waals surface area contributed by atoms with E-state index in [0.717, 1.165) is 113 Å². The van der Waals surface area contributed by atoms with Crippen LogP contribution in [0.5, 0.6) is 23.0 Å². The largest absolute Gasteiger partial charge is 0.458 e. The number of rotatable bonds is 2.